The maximum absolute atomic E-state index is 14.7. The number of ketones is 2. The second-order valence-corrected chi connectivity index (χ2v) is 17.7. The lowest BCUT2D eigenvalue weighted by atomic mass is 9.85. The molecule has 2 aliphatic rings. The minimum absolute atomic E-state index is 0.0414. The number of benzene rings is 1. The molecule has 5 amide bonds. The zero-order valence-corrected chi connectivity index (χ0v) is 36.7. The van der Waals surface area contributed by atoms with Crippen molar-refractivity contribution < 1.29 is 48.2 Å². The van der Waals surface area contributed by atoms with Gasteiger partial charge in [0.15, 0.2) is 11.6 Å². The predicted octanol–water partition coefficient (Wildman–Crippen LogP) is 2.95. The Morgan fingerprint density at radius 3 is 1.98 bits per heavy atom. The Kier molecular flexibility index (Phi) is 17.8. The van der Waals surface area contributed by atoms with E-state index in [-0.39, 0.29) is 43.9 Å². The quantitative estimate of drug-likeness (QED) is 0.240. The van der Waals surface area contributed by atoms with Gasteiger partial charge >= 0.3 is 5.97 Å². The van der Waals surface area contributed by atoms with E-state index in [4.69, 9.17) is 4.74 Å². The van der Waals surface area contributed by atoms with Gasteiger partial charge in [-0.05, 0) is 56.4 Å². The van der Waals surface area contributed by atoms with E-state index in [9.17, 15) is 43.5 Å². The van der Waals surface area contributed by atoms with Crippen LogP contribution in [0.25, 0.3) is 0 Å². The molecule has 0 spiro atoms. The fourth-order valence-corrected chi connectivity index (χ4v) is 7.59. The van der Waals surface area contributed by atoms with E-state index in [1.54, 1.807) is 65.8 Å². The number of hydrogen-bond acceptors (Lipinski definition) is 10. The first kappa shape index (κ1) is 48.7. The molecule has 0 unspecified atom stereocenters. The first-order chi connectivity index (χ1) is 27.5. The van der Waals surface area contributed by atoms with Crippen molar-refractivity contribution in [3.05, 3.63) is 35.9 Å². The molecule has 328 valence electrons. The number of likely N-dealkylation sites (N-methyl/N-ethyl adjacent to an activating group) is 1. The summed E-state index contributed by atoms with van der Waals surface area (Å²) in [5, 5.41) is 19.5. The van der Waals surface area contributed by atoms with Crippen LogP contribution in [0.5, 0.6) is 0 Å². The number of aliphatic hydroxyl groups is 1. The zero-order chi connectivity index (χ0) is 44.5. The predicted molar refractivity (Wildman–Crippen MR) is 220 cm³/mol. The molecule has 9 atom stereocenters. The van der Waals surface area contributed by atoms with Gasteiger partial charge in [-0.2, -0.15) is 0 Å². The van der Waals surface area contributed by atoms with Crippen molar-refractivity contribution in [2.75, 3.05) is 7.05 Å². The van der Waals surface area contributed by atoms with E-state index in [0.29, 0.717) is 5.56 Å². The van der Waals surface area contributed by atoms with Gasteiger partial charge in [-0.3, -0.25) is 33.6 Å². The van der Waals surface area contributed by atoms with Crippen LogP contribution in [0.15, 0.2) is 30.3 Å². The van der Waals surface area contributed by atoms with Crippen LogP contribution < -0.4 is 16.0 Å². The lowest BCUT2D eigenvalue weighted by Crippen LogP contribution is -2.61. The van der Waals surface area contributed by atoms with Crippen molar-refractivity contribution in [1.29, 1.82) is 0 Å². The number of fused-ring (bicyclic) bond motifs is 2. The second kappa shape index (κ2) is 21.6. The molecule has 2 heterocycles. The van der Waals surface area contributed by atoms with Crippen LogP contribution in [0.4, 0.5) is 0 Å². The summed E-state index contributed by atoms with van der Waals surface area (Å²) in [6.45, 7) is 16.9. The summed E-state index contributed by atoms with van der Waals surface area (Å²) in [6, 6.07) is 3.25. The number of cyclic esters (lactones) is 1. The molecule has 59 heavy (non-hydrogen) atoms. The molecule has 1 aromatic rings. The number of esters is 1. The van der Waals surface area contributed by atoms with Crippen molar-refractivity contribution in [2.45, 2.75) is 150 Å². The number of ether oxygens (including phenoxy) is 1. The van der Waals surface area contributed by atoms with Crippen molar-refractivity contribution in [2.24, 2.45) is 35.5 Å². The number of carbonyl (C=O) groups excluding carboxylic acids is 8. The summed E-state index contributed by atoms with van der Waals surface area (Å²) in [7, 11) is 1.45. The topological polar surface area (TPSA) is 209 Å². The van der Waals surface area contributed by atoms with Crippen molar-refractivity contribution in [1.82, 2.24) is 25.8 Å². The molecule has 2 aliphatic heterocycles. The van der Waals surface area contributed by atoms with Gasteiger partial charge in [0.1, 0.15) is 30.5 Å². The molecule has 0 aliphatic carbocycles. The van der Waals surface area contributed by atoms with Crippen LogP contribution in [-0.2, 0) is 49.5 Å². The Morgan fingerprint density at radius 2 is 1.42 bits per heavy atom. The average Bonchev–Trinajstić information content (AvgIpc) is 3.16. The van der Waals surface area contributed by atoms with Crippen LogP contribution in [0.1, 0.15) is 107 Å². The number of piperidine rings is 1. The number of rotatable bonds is 11. The fraction of sp³-hybridized carbons (Fsp3) is 0.682. The summed E-state index contributed by atoms with van der Waals surface area (Å²) in [4.78, 5) is 114. The first-order valence-corrected chi connectivity index (χ1v) is 21.0. The third-order valence-electron chi connectivity index (χ3n) is 11.4. The van der Waals surface area contributed by atoms with Gasteiger partial charge in [-0.1, -0.05) is 85.7 Å². The molecular formula is C44H67N5O10. The second-order valence-electron chi connectivity index (χ2n) is 17.7. The Balaban J connectivity index is 2.19. The van der Waals surface area contributed by atoms with Gasteiger partial charge in [-0.15, -0.1) is 0 Å². The van der Waals surface area contributed by atoms with E-state index in [0.717, 1.165) is 4.90 Å². The van der Waals surface area contributed by atoms with E-state index < -0.39 is 120 Å². The maximum Gasteiger partial charge on any atom is 0.329 e. The Hall–Kier alpha value is -4.66. The highest BCUT2D eigenvalue weighted by Gasteiger charge is 2.46. The standard InChI is InChI=1S/C44H67N5O10/c1-23(2)19-33-43(57)48(11)32(20-29-15-13-12-14-16-29)41(55)47-38(25(5)6)44(58)59-28(10)31(22-34(50)27(9)45-39(53)26(7)8)40(54)46-37(24(3)4)35(51)21-30-17-18-36(52)49(33)42(30)56/h12-16,23-28,30-33,36-38,52H,17-22H2,1-11H3,(H,45,53)(H,46,54)(H,47,55)/t27-,28+,30+,31-,32-,33-,36+,37-,38-/m0/s1. The highest BCUT2D eigenvalue weighted by molar-refractivity contribution is 5.98. The van der Waals surface area contributed by atoms with Gasteiger partial charge in [-0.25, -0.2) is 4.79 Å². The molecule has 2 bridgehead atoms. The normalized spacial score (nSPS) is 27.5. The number of Topliss-reactive ketones (excluding diaryl/α,β-unsaturated/α-hetero) is 2. The number of nitrogens with zero attached hydrogens (tertiary/aromatic N) is 2. The Labute approximate surface area is 349 Å². The smallest absolute Gasteiger partial charge is 0.329 e. The molecule has 0 saturated carbocycles. The van der Waals surface area contributed by atoms with Crippen LogP contribution in [0, 0.1) is 35.5 Å². The Bertz CT molecular complexity index is 1680. The largest absolute Gasteiger partial charge is 0.460 e. The molecule has 15 heteroatoms. The maximum atomic E-state index is 14.7. The minimum atomic E-state index is -1.33. The number of aliphatic hydroxyl groups excluding tert-OH is 1. The molecule has 3 rings (SSSR count). The van der Waals surface area contributed by atoms with Crippen molar-refractivity contribution in [3.63, 3.8) is 0 Å². The summed E-state index contributed by atoms with van der Waals surface area (Å²) in [6.07, 6.45) is -2.92. The van der Waals surface area contributed by atoms with Gasteiger partial charge < -0.3 is 35.6 Å². The molecule has 4 N–H and O–H groups in total. The van der Waals surface area contributed by atoms with E-state index in [1.165, 1.54) is 25.8 Å². The van der Waals surface area contributed by atoms with Crippen LogP contribution in [0.2, 0.25) is 0 Å². The molecular weight excluding hydrogens is 759 g/mol. The lowest BCUT2D eigenvalue weighted by Gasteiger charge is -2.43. The van der Waals surface area contributed by atoms with Gasteiger partial charge in [0.05, 0.1) is 18.0 Å². The summed E-state index contributed by atoms with van der Waals surface area (Å²) >= 11 is 0. The van der Waals surface area contributed by atoms with Crippen LogP contribution >= 0.6 is 0 Å². The number of nitrogens with one attached hydrogen (secondary N) is 3. The number of hydrogen-bond donors (Lipinski definition) is 4. The molecule has 2 saturated heterocycles. The molecule has 0 aromatic heterocycles. The van der Waals surface area contributed by atoms with E-state index >= 15 is 0 Å². The monoisotopic (exact) mass is 825 g/mol. The van der Waals surface area contributed by atoms with Gasteiger partial charge in [0.25, 0.3) is 0 Å². The van der Waals surface area contributed by atoms with Crippen LogP contribution in [-0.4, -0.2) is 112 Å². The summed E-state index contributed by atoms with van der Waals surface area (Å²) in [5.41, 5.74) is 0.716. The third-order valence-corrected chi connectivity index (χ3v) is 11.4. The summed E-state index contributed by atoms with van der Waals surface area (Å²) in [5.74, 6) is -8.63. The fourth-order valence-electron chi connectivity index (χ4n) is 7.59. The summed E-state index contributed by atoms with van der Waals surface area (Å²) < 4.78 is 5.89. The van der Waals surface area contributed by atoms with Crippen molar-refractivity contribution in [3.8, 4) is 0 Å². The molecule has 1 aromatic carbocycles. The number of amides is 5. The minimum Gasteiger partial charge on any atom is -0.460 e. The van der Waals surface area contributed by atoms with Crippen molar-refractivity contribution >= 4 is 47.1 Å². The number of carbonyl (C=O) groups is 8. The van der Waals surface area contributed by atoms with Crippen LogP contribution in [0.3, 0.4) is 0 Å². The zero-order valence-electron chi connectivity index (χ0n) is 36.7. The first-order valence-electron chi connectivity index (χ1n) is 21.0. The third kappa shape index (κ3) is 12.9. The molecule has 15 nitrogen and oxygen atoms in total. The lowest BCUT2D eigenvalue weighted by molar-refractivity contribution is -0.168. The van der Waals surface area contributed by atoms with Gasteiger partial charge in [0.2, 0.25) is 29.5 Å². The van der Waals surface area contributed by atoms with E-state index in [2.05, 4.69) is 16.0 Å². The molecule has 0 radical (unpaired) electrons. The SMILES string of the molecule is CC(C)C[C@H]1C(=O)N(C)[C@@H](Cc2ccccc2)C(=O)N[C@@H](C(C)C)C(=O)O[C@H](C)[C@H](CC(=O)[C@H](C)NC(=O)C(C)C)C(=O)N[C@@H](C(C)C)C(=O)C[C@H]2CC[C@@H](O)N1C2=O. The highest BCUT2D eigenvalue weighted by atomic mass is 16.5. The van der Waals surface area contributed by atoms with Gasteiger partial charge in [0, 0.05) is 38.1 Å². The Morgan fingerprint density at radius 1 is 0.831 bits per heavy atom. The molecule has 2 fully saturated rings. The van der Waals surface area contributed by atoms with E-state index in [1.807, 2.05) is 19.9 Å². The average molecular weight is 826 g/mol. The highest BCUT2D eigenvalue weighted by Crippen LogP contribution is 2.31.